The fourth-order valence-corrected chi connectivity index (χ4v) is 2.21. The van der Waals surface area contributed by atoms with Crippen LogP contribution in [0.15, 0.2) is 42.5 Å². The molecule has 0 aliphatic heterocycles. The molecule has 2 aromatic carbocycles. The standard InChI is InChI=1S/C16H19NO2/c1-3-19-15(18)16(2,17)11-13-9-6-8-12-7-4-5-10-14(12)13/h4-10H,3,11,17H2,1-2H3/t16-/m0/s1. The number of benzene rings is 2. The normalized spacial score (nSPS) is 14.1. The monoisotopic (exact) mass is 257 g/mol. The topological polar surface area (TPSA) is 52.3 Å². The third kappa shape index (κ3) is 2.93. The molecule has 0 saturated carbocycles. The van der Waals surface area contributed by atoms with E-state index >= 15 is 0 Å². The summed E-state index contributed by atoms with van der Waals surface area (Å²) < 4.78 is 5.03. The summed E-state index contributed by atoms with van der Waals surface area (Å²) in [6.45, 7) is 3.85. The molecule has 0 radical (unpaired) electrons. The fraction of sp³-hybridized carbons (Fsp3) is 0.312. The van der Waals surface area contributed by atoms with Crippen LogP contribution in [0, 0.1) is 0 Å². The number of carbonyl (C=O) groups is 1. The van der Waals surface area contributed by atoms with Gasteiger partial charge in [0.15, 0.2) is 0 Å². The molecule has 1 atom stereocenters. The van der Waals surface area contributed by atoms with Crippen LogP contribution in [0.3, 0.4) is 0 Å². The zero-order valence-corrected chi connectivity index (χ0v) is 11.3. The Morgan fingerprint density at radius 3 is 2.63 bits per heavy atom. The number of fused-ring (bicyclic) bond motifs is 1. The van der Waals surface area contributed by atoms with Crippen molar-refractivity contribution in [3.63, 3.8) is 0 Å². The van der Waals surface area contributed by atoms with Crippen molar-refractivity contribution in [2.24, 2.45) is 5.73 Å². The van der Waals surface area contributed by atoms with E-state index in [4.69, 9.17) is 10.5 Å². The van der Waals surface area contributed by atoms with Crippen LogP contribution in [0.2, 0.25) is 0 Å². The van der Waals surface area contributed by atoms with Crippen molar-refractivity contribution in [2.45, 2.75) is 25.8 Å². The molecule has 2 rings (SSSR count). The van der Waals surface area contributed by atoms with Gasteiger partial charge in [-0.1, -0.05) is 42.5 Å². The molecule has 0 aliphatic rings. The lowest BCUT2D eigenvalue weighted by molar-refractivity contribution is -0.148. The second-order valence-electron chi connectivity index (χ2n) is 4.95. The molecule has 2 aromatic rings. The van der Waals surface area contributed by atoms with E-state index in [-0.39, 0.29) is 5.97 Å². The Labute approximate surface area is 113 Å². The van der Waals surface area contributed by atoms with Crippen molar-refractivity contribution < 1.29 is 9.53 Å². The van der Waals surface area contributed by atoms with Gasteiger partial charge in [0.05, 0.1) is 6.61 Å². The second kappa shape index (κ2) is 5.41. The Morgan fingerprint density at radius 2 is 1.89 bits per heavy atom. The lowest BCUT2D eigenvalue weighted by Gasteiger charge is -2.23. The van der Waals surface area contributed by atoms with Crippen molar-refractivity contribution in [3.8, 4) is 0 Å². The molecule has 0 unspecified atom stereocenters. The molecule has 0 aromatic heterocycles. The Bertz CT molecular complexity index is 585. The number of carbonyl (C=O) groups excluding carboxylic acids is 1. The maximum Gasteiger partial charge on any atom is 0.326 e. The minimum Gasteiger partial charge on any atom is -0.465 e. The summed E-state index contributed by atoms with van der Waals surface area (Å²) >= 11 is 0. The third-order valence-electron chi connectivity index (χ3n) is 3.18. The first kappa shape index (κ1) is 13.6. The molecule has 3 heteroatoms. The van der Waals surface area contributed by atoms with E-state index in [0.717, 1.165) is 16.3 Å². The van der Waals surface area contributed by atoms with Gasteiger partial charge in [0.25, 0.3) is 0 Å². The van der Waals surface area contributed by atoms with E-state index in [1.165, 1.54) is 0 Å². The van der Waals surface area contributed by atoms with Crippen LogP contribution in [0.1, 0.15) is 19.4 Å². The zero-order chi connectivity index (χ0) is 13.9. The van der Waals surface area contributed by atoms with Gasteiger partial charge in [-0.2, -0.15) is 0 Å². The van der Waals surface area contributed by atoms with Gasteiger partial charge in [-0.25, -0.2) is 0 Å². The van der Waals surface area contributed by atoms with Gasteiger partial charge in [0.2, 0.25) is 0 Å². The average Bonchev–Trinajstić information content (AvgIpc) is 2.39. The van der Waals surface area contributed by atoms with E-state index < -0.39 is 5.54 Å². The van der Waals surface area contributed by atoms with Gasteiger partial charge in [-0.15, -0.1) is 0 Å². The highest BCUT2D eigenvalue weighted by Crippen LogP contribution is 2.22. The van der Waals surface area contributed by atoms with E-state index in [0.29, 0.717) is 13.0 Å². The maximum absolute atomic E-state index is 11.9. The summed E-state index contributed by atoms with van der Waals surface area (Å²) in [7, 11) is 0. The molecule has 0 saturated heterocycles. The van der Waals surface area contributed by atoms with Gasteiger partial charge >= 0.3 is 5.97 Å². The average molecular weight is 257 g/mol. The Balaban J connectivity index is 2.33. The summed E-state index contributed by atoms with van der Waals surface area (Å²) in [4.78, 5) is 11.9. The first-order valence-electron chi connectivity index (χ1n) is 6.47. The van der Waals surface area contributed by atoms with Gasteiger partial charge in [0.1, 0.15) is 5.54 Å². The van der Waals surface area contributed by atoms with Crippen LogP contribution in [0.5, 0.6) is 0 Å². The SMILES string of the molecule is CCOC(=O)[C@@](C)(N)Cc1cccc2ccccc12. The molecule has 0 amide bonds. The number of hydrogen-bond acceptors (Lipinski definition) is 3. The minimum absolute atomic E-state index is 0.348. The highest BCUT2D eigenvalue weighted by atomic mass is 16.5. The molecular formula is C16H19NO2. The summed E-state index contributed by atoms with van der Waals surface area (Å²) in [6, 6.07) is 14.1. The van der Waals surface area contributed by atoms with E-state index in [2.05, 4.69) is 12.1 Å². The van der Waals surface area contributed by atoms with Crippen LogP contribution < -0.4 is 5.73 Å². The van der Waals surface area contributed by atoms with Crippen LogP contribution in [-0.4, -0.2) is 18.1 Å². The molecule has 0 bridgehead atoms. The summed E-state index contributed by atoms with van der Waals surface area (Å²) in [5.41, 5.74) is 6.16. The molecule has 0 spiro atoms. The highest BCUT2D eigenvalue weighted by Gasteiger charge is 2.30. The third-order valence-corrected chi connectivity index (χ3v) is 3.18. The van der Waals surface area contributed by atoms with Crippen LogP contribution in [0.4, 0.5) is 0 Å². The minimum atomic E-state index is -1.000. The van der Waals surface area contributed by atoms with Crippen molar-refractivity contribution in [2.75, 3.05) is 6.61 Å². The number of rotatable bonds is 4. The molecule has 0 aliphatic carbocycles. The smallest absolute Gasteiger partial charge is 0.326 e. The van der Waals surface area contributed by atoms with E-state index in [9.17, 15) is 4.79 Å². The highest BCUT2D eigenvalue weighted by molar-refractivity contribution is 5.87. The molecule has 0 fully saturated rings. The van der Waals surface area contributed by atoms with Crippen molar-refractivity contribution in [3.05, 3.63) is 48.0 Å². The van der Waals surface area contributed by atoms with E-state index in [1.54, 1.807) is 13.8 Å². The van der Waals surface area contributed by atoms with Crippen LogP contribution in [-0.2, 0) is 16.0 Å². The summed E-state index contributed by atoms with van der Waals surface area (Å²) in [6.07, 6.45) is 0.465. The Hall–Kier alpha value is -1.87. The number of esters is 1. The quantitative estimate of drug-likeness (QED) is 0.857. The van der Waals surface area contributed by atoms with Gasteiger partial charge < -0.3 is 10.5 Å². The van der Waals surface area contributed by atoms with Crippen LogP contribution in [0.25, 0.3) is 10.8 Å². The van der Waals surface area contributed by atoms with Crippen molar-refractivity contribution >= 4 is 16.7 Å². The van der Waals surface area contributed by atoms with E-state index in [1.807, 2.05) is 30.3 Å². The zero-order valence-electron chi connectivity index (χ0n) is 11.3. The first-order valence-corrected chi connectivity index (χ1v) is 6.47. The lowest BCUT2D eigenvalue weighted by Crippen LogP contribution is -2.48. The van der Waals surface area contributed by atoms with Gasteiger partial charge in [-0.3, -0.25) is 4.79 Å². The number of nitrogens with two attached hydrogens (primary N) is 1. The summed E-state index contributed by atoms with van der Waals surface area (Å²) in [5, 5.41) is 2.28. The van der Waals surface area contributed by atoms with Gasteiger partial charge in [-0.05, 0) is 30.2 Å². The first-order chi connectivity index (χ1) is 9.04. The molecule has 0 heterocycles. The number of ether oxygens (including phenoxy) is 1. The second-order valence-corrected chi connectivity index (χ2v) is 4.95. The van der Waals surface area contributed by atoms with Crippen LogP contribution >= 0.6 is 0 Å². The molecule has 19 heavy (non-hydrogen) atoms. The Morgan fingerprint density at radius 1 is 1.21 bits per heavy atom. The predicted molar refractivity (Wildman–Crippen MR) is 76.9 cm³/mol. The number of hydrogen-bond donors (Lipinski definition) is 1. The van der Waals surface area contributed by atoms with Crippen molar-refractivity contribution in [1.29, 1.82) is 0 Å². The largest absolute Gasteiger partial charge is 0.465 e. The van der Waals surface area contributed by atoms with Gasteiger partial charge in [0, 0.05) is 6.42 Å². The molecule has 3 nitrogen and oxygen atoms in total. The molecule has 100 valence electrons. The fourth-order valence-electron chi connectivity index (χ4n) is 2.21. The lowest BCUT2D eigenvalue weighted by atomic mass is 9.91. The molecular weight excluding hydrogens is 238 g/mol. The predicted octanol–water partition coefficient (Wildman–Crippen LogP) is 2.66. The maximum atomic E-state index is 11.9. The summed E-state index contributed by atoms with van der Waals surface area (Å²) in [5.74, 6) is -0.358. The Kier molecular flexibility index (Phi) is 3.86. The van der Waals surface area contributed by atoms with Crippen molar-refractivity contribution in [1.82, 2.24) is 0 Å². The molecule has 2 N–H and O–H groups in total.